The highest BCUT2D eigenvalue weighted by atomic mass is 35.5. The number of fused-ring (bicyclic) bond motifs is 1. The highest BCUT2D eigenvalue weighted by Crippen LogP contribution is 2.28. The van der Waals surface area contributed by atoms with Crippen molar-refractivity contribution in [3.63, 3.8) is 0 Å². The van der Waals surface area contributed by atoms with Crippen LogP contribution in [-0.2, 0) is 16.1 Å². The topological polar surface area (TPSA) is 103 Å². The number of halogens is 1. The molecule has 0 aromatic heterocycles. The van der Waals surface area contributed by atoms with Crippen LogP contribution in [0.5, 0.6) is 0 Å². The van der Waals surface area contributed by atoms with Crippen molar-refractivity contribution in [2.45, 2.75) is 37.8 Å². The third-order valence-corrected chi connectivity index (χ3v) is 8.25. The molecule has 2 unspecified atom stereocenters. The fraction of sp³-hybridized carbons (Fsp3) is 0.448. The number of benzene rings is 2. The summed E-state index contributed by atoms with van der Waals surface area (Å²) in [6.07, 6.45) is 2.84. The second-order valence-corrected chi connectivity index (χ2v) is 11.2. The van der Waals surface area contributed by atoms with Gasteiger partial charge < -0.3 is 20.0 Å². The first-order valence-corrected chi connectivity index (χ1v) is 14.0. The monoisotopic (exact) mass is 567 g/mol. The molecule has 3 heterocycles. The lowest BCUT2D eigenvalue weighted by Gasteiger charge is -2.34. The molecule has 3 aliphatic heterocycles. The van der Waals surface area contributed by atoms with Gasteiger partial charge in [0.2, 0.25) is 0 Å². The van der Waals surface area contributed by atoms with Crippen LogP contribution in [0.4, 0.5) is 15.3 Å². The Bertz CT molecular complexity index is 1260. The maximum absolute atomic E-state index is 13.3. The van der Waals surface area contributed by atoms with Crippen molar-refractivity contribution in [2.75, 3.05) is 45.2 Å². The van der Waals surface area contributed by atoms with Crippen molar-refractivity contribution in [1.82, 2.24) is 20.2 Å². The maximum atomic E-state index is 13.3. The molecule has 0 spiro atoms. The van der Waals surface area contributed by atoms with E-state index in [1.54, 1.807) is 12.1 Å². The quantitative estimate of drug-likeness (QED) is 0.403. The fourth-order valence-corrected chi connectivity index (χ4v) is 5.69. The molecule has 2 aromatic carbocycles. The molecule has 10 nitrogen and oxygen atoms in total. The molecule has 2 aromatic rings. The number of piperidine rings is 1. The molecule has 2 atom stereocenters. The number of hydrogen-bond acceptors (Lipinski definition) is 7. The van der Waals surface area contributed by atoms with Gasteiger partial charge in [0, 0.05) is 56.5 Å². The Balaban J connectivity index is 1.17. The normalized spacial score (nSPS) is 21.4. The maximum Gasteiger partial charge on any atom is 0.434 e. The summed E-state index contributed by atoms with van der Waals surface area (Å²) in [5.41, 5.74) is 2.60. The first kappa shape index (κ1) is 27.9. The zero-order valence-corrected chi connectivity index (χ0v) is 23.5. The molecule has 5 rings (SSSR count). The number of aryl methyl sites for hydroxylation is 1. The van der Waals surface area contributed by atoms with E-state index in [0.29, 0.717) is 29.6 Å². The van der Waals surface area contributed by atoms with Crippen LogP contribution in [0.1, 0.15) is 35.2 Å². The SMILES string of the molecule is CN(C)c1ccc(C(=O)C2CNCC3C(=O)N(OC(=O)N4CCC(CCc5ccc(Cl)cc5)CC4)C(=O)N23)cc1. The Labute approximate surface area is 238 Å². The Morgan fingerprint density at radius 1 is 1.00 bits per heavy atom. The number of carbonyl (C=O) groups is 4. The molecular weight excluding hydrogens is 534 g/mol. The minimum atomic E-state index is -0.914. The summed E-state index contributed by atoms with van der Waals surface area (Å²) in [5.74, 6) is -0.463. The molecule has 0 radical (unpaired) electrons. The first-order chi connectivity index (χ1) is 19.2. The number of rotatable bonds is 7. The van der Waals surface area contributed by atoms with Gasteiger partial charge in [-0.3, -0.25) is 14.5 Å². The number of carbonyl (C=O) groups excluding carboxylic acids is 4. The third kappa shape index (κ3) is 5.78. The summed E-state index contributed by atoms with van der Waals surface area (Å²) in [7, 11) is 3.81. The standard InChI is InChI=1S/C29H34ClN5O5/c1-32(2)23-11-7-21(8-12-23)26(36)24-17-31-18-25-27(37)35(28(38)34(24)25)40-29(39)33-15-13-20(14-16-33)4-3-19-5-9-22(30)10-6-19/h5-12,20,24-25,31H,3-4,13-18H2,1-2H3. The predicted octanol–water partition coefficient (Wildman–Crippen LogP) is 3.59. The lowest BCUT2D eigenvalue weighted by molar-refractivity contribution is -0.152. The van der Waals surface area contributed by atoms with Gasteiger partial charge in [0.1, 0.15) is 12.1 Å². The third-order valence-electron chi connectivity index (χ3n) is 7.99. The number of hydroxylamine groups is 2. The molecule has 1 N–H and O–H groups in total. The number of amides is 4. The van der Waals surface area contributed by atoms with Crippen molar-refractivity contribution in [3.05, 3.63) is 64.7 Å². The number of urea groups is 1. The van der Waals surface area contributed by atoms with E-state index < -0.39 is 30.1 Å². The zero-order chi connectivity index (χ0) is 28.4. The van der Waals surface area contributed by atoms with Gasteiger partial charge in [-0.1, -0.05) is 28.8 Å². The number of imide groups is 1. The van der Waals surface area contributed by atoms with Gasteiger partial charge in [-0.15, -0.1) is 0 Å². The average molecular weight is 568 g/mol. The van der Waals surface area contributed by atoms with Gasteiger partial charge in [-0.25, -0.2) is 9.59 Å². The molecule has 0 bridgehead atoms. The Kier molecular flexibility index (Phi) is 8.27. The number of nitrogens with one attached hydrogen (secondary N) is 1. The van der Waals surface area contributed by atoms with Gasteiger partial charge in [0.05, 0.1) is 0 Å². The average Bonchev–Trinajstić information content (AvgIpc) is 3.21. The molecule has 212 valence electrons. The summed E-state index contributed by atoms with van der Waals surface area (Å²) >= 11 is 5.96. The van der Waals surface area contributed by atoms with Crippen LogP contribution < -0.4 is 10.2 Å². The fourth-order valence-electron chi connectivity index (χ4n) is 5.56. The number of nitrogens with zero attached hydrogens (tertiary/aromatic N) is 4. The van der Waals surface area contributed by atoms with Gasteiger partial charge >= 0.3 is 12.1 Å². The van der Waals surface area contributed by atoms with Crippen molar-refractivity contribution in [3.8, 4) is 0 Å². The van der Waals surface area contributed by atoms with E-state index in [-0.39, 0.29) is 18.9 Å². The van der Waals surface area contributed by atoms with Crippen molar-refractivity contribution in [1.29, 1.82) is 0 Å². The summed E-state index contributed by atoms with van der Waals surface area (Å²) in [5, 5.41) is 4.33. The Morgan fingerprint density at radius 2 is 1.68 bits per heavy atom. The van der Waals surface area contributed by atoms with Crippen molar-refractivity contribution < 1.29 is 24.0 Å². The van der Waals surface area contributed by atoms with E-state index in [0.717, 1.165) is 36.4 Å². The molecule has 0 aliphatic carbocycles. The van der Waals surface area contributed by atoms with Gasteiger partial charge in [0.15, 0.2) is 5.78 Å². The Hall–Kier alpha value is -3.63. The lowest BCUT2D eigenvalue weighted by atomic mass is 9.91. The highest BCUT2D eigenvalue weighted by molar-refractivity contribution is 6.30. The summed E-state index contributed by atoms with van der Waals surface area (Å²) in [6.45, 7) is 1.36. The zero-order valence-electron chi connectivity index (χ0n) is 22.7. The molecule has 11 heteroatoms. The lowest BCUT2D eigenvalue weighted by Crippen LogP contribution is -2.60. The number of hydrogen-bond donors (Lipinski definition) is 1. The largest absolute Gasteiger partial charge is 0.434 e. The second-order valence-electron chi connectivity index (χ2n) is 10.8. The number of ketones is 1. The number of anilines is 1. The summed E-state index contributed by atoms with van der Waals surface area (Å²) in [6, 6.07) is 12.3. The van der Waals surface area contributed by atoms with Crippen LogP contribution in [0.25, 0.3) is 0 Å². The van der Waals surface area contributed by atoms with E-state index in [2.05, 4.69) is 5.32 Å². The minimum Gasteiger partial charge on any atom is -0.378 e. The molecule has 0 saturated carbocycles. The van der Waals surface area contributed by atoms with Crippen LogP contribution >= 0.6 is 11.6 Å². The molecule has 40 heavy (non-hydrogen) atoms. The van der Waals surface area contributed by atoms with Gasteiger partial charge in [-0.2, -0.15) is 0 Å². The summed E-state index contributed by atoms with van der Waals surface area (Å²) in [4.78, 5) is 62.7. The van der Waals surface area contributed by atoms with Crippen molar-refractivity contribution in [2.24, 2.45) is 5.92 Å². The first-order valence-electron chi connectivity index (χ1n) is 13.6. The van der Waals surface area contributed by atoms with E-state index >= 15 is 0 Å². The van der Waals surface area contributed by atoms with Crippen molar-refractivity contribution >= 4 is 41.1 Å². The van der Waals surface area contributed by atoms with Gasteiger partial charge in [-0.05, 0) is 73.6 Å². The second kappa shape index (κ2) is 11.9. The minimum absolute atomic E-state index is 0.182. The van der Waals surface area contributed by atoms with Crippen LogP contribution in [0, 0.1) is 5.92 Å². The summed E-state index contributed by atoms with van der Waals surface area (Å²) < 4.78 is 0. The van der Waals surface area contributed by atoms with E-state index in [1.807, 2.05) is 55.4 Å². The number of piperazine rings is 1. The van der Waals surface area contributed by atoms with Gasteiger partial charge in [0.25, 0.3) is 5.91 Å². The molecular formula is C29H34ClN5O5. The number of Topliss-reactive ketones (excluding diaryl/α,β-unsaturated/α-hetero) is 1. The highest BCUT2D eigenvalue weighted by Gasteiger charge is 2.54. The predicted molar refractivity (Wildman–Crippen MR) is 150 cm³/mol. The van der Waals surface area contributed by atoms with Crippen LogP contribution in [-0.4, -0.2) is 91.0 Å². The van der Waals surface area contributed by atoms with Crippen LogP contribution in [0.15, 0.2) is 48.5 Å². The molecule has 3 aliphatic rings. The van der Waals surface area contributed by atoms with E-state index in [9.17, 15) is 19.2 Å². The number of likely N-dealkylation sites (tertiary alicyclic amines) is 1. The molecule has 4 amide bonds. The van der Waals surface area contributed by atoms with E-state index in [4.69, 9.17) is 16.4 Å². The molecule has 3 saturated heterocycles. The van der Waals surface area contributed by atoms with Crippen LogP contribution in [0.2, 0.25) is 5.02 Å². The van der Waals surface area contributed by atoms with E-state index in [1.165, 1.54) is 15.4 Å². The molecule has 3 fully saturated rings. The smallest absolute Gasteiger partial charge is 0.378 e. The Morgan fingerprint density at radius 3 is 2.33 bits per heavy atom. The van der Waals surface area contributed by atoms with Crippen LogP contribution in [0.3, 0.4) is 0 Å².